The molecule has 0 aromatic heterocycles. The van der Waals surface area contributed by atoms with Gasteiger partial charge in [-0.2, -0.15) is 0 Å². The maximum absolute atomic E-state index is 13.4. The van der Waals surface area contributed by atoms with Gasteiger partial charge in [0.2, 0.25) is 11.8 Å². The van der Waals surface area contributed by atoms with Gasteiger partial charge in [-0.3, -0.25) is 20.4 Å². The van der Waals surface area contributed by atoms with Crippen LogP contribution >= 0.6 is 0 Å². The Bertz CT molecular complexity index is 1640. The van der Waals surface area contributed by atoms with Crippen LogP contribution in [0.15, 0.2) is 67.3 Å². The van der Waals surface area contributed by atoms with Crippen LogP contribution < -0.4 is 10.6 Å². The number of carbonyl (C=O) groups is 2. The molecule has 4 saturated carbocycles. The highest BCUT2D eigenvalue weighted by Gasteiger charge is 2.50. The number of hydrogen-bond donors (Lipinski definition) is 4. The van der Waals surface area contributed by atoms with Crippen molar-refractivity contribution in [3.8, 4) is 0 Å². The van der Waals surface area contributed by atoms with Crippen molar-refractivity contribution < 1.29 is 9.59 Å². The van der Waals surface area contributed by atoms with Gasteiger partial charge in [-0.05, 0) is 117 Å². The number of nitrogens with one attached hydrogen (secondary N) is 4. The molecule has 10 nitrogen and oxygen atoms in total. The van der Waals surface area contributed by atoms with E-state index in [0.29, 0.717) is 47.7 Å². The third-order valence-electron chi connectivity index (χ3n) is 13.5. The van der Waals surface area contributed by atoms with Gasteiger partial charge in [-0.1, -0.05) is 68.7 Å². The van der Waals surface area contributed by atoms with Crippen LogP contribution in [0.2, 0.25) is 0 Å². The summed E-state index contributed by atoms with van der Waals surface area (Å²) in [6.45, 7) is 10.2. The molecule has 55 heavy (non-hydrogen) atoms. The summed E-state index contributed by atoms with van der Waals surface area (Å²) in [5.41, 5.74) is 2.93. The number of unbranched alkanes of at least 4 members (excludes halogenated alkanes) is 1. The molecule has 4 aliphatic carbocycles. The molecule has 2 saturated heterocycles. The summed E-state index contributed by atoms with van der Waals surface area (Å²) in [7, 11) is 0. The zero-order valence-corrected chi connectivity index (χ0v) is 33.1. The van der Waals surface area contributed by atoms with Gasteiger partial charge in [0.1, 0.15) is 13.1 Å². The van der Waals surface area contributed by atoms with Crippen LogP contribution in [0.4, 0.5) is 11.4 Å². The highest BCUT2D eigenvalue weighted by molar-refractivity contribution is 5.98. The van der Waals surface area contributed by atoms with Crippen molar-refractivity contribution in [2.24, 2.45) is 29.1 Å². The Balaban J connectivity index is 0.874. The van der Waals surface area contributed by atoms with Crippen LogP contribution in [0.5, 0.6) is 0 Å². The fourth-order valence-electron chi connectivity index (χ4n) is 11.1. The molecule has 4 bridgehead atoms. The molecule has 2 atom stereocenters. The Morgan fingerprint density at radius 1 is 0.836 bits per heavy atom. The van der Waals surface area contributed by atoms with Crippen LogP contribution in [0, 0.1) is 39.9 Å². The average molecular weight is 749 g/mol. The molecule has 4 N–H and O–H groups in total. The van der Waals surface area contributed by atoms with E-state index in [1.165, 1.54) is 56.9 Å². The maximum Gasteiger partial charge on any atom is 0.244 e. The number of nitrogens with zero attached hydrogens (tertiary/aromatic N) is 4. The summed E-state index contributed by atoms with van der Waals surface area (Å²) < 4.78 is 0. The van der Waals surface area contributed by atoms with Crippen LogP contribution in [0.3, 0.4) is 0 Å². The summed E-state index contributed by atoms with van der Waals surface area (Å²) in [6.07, 6.45) is 18.0. The first-order chi connectivity index (χ1) is 26.7. The lowest BCUT2D eigenvalue weighted by molar-refractivity contribution is -0.117. The number of guanidine groups is 2. The van der Waals surface area contributed by atoms with E-state index < -0.39 is 0 Å². The third kappa shape index (κ3) is 9.73. The van der Waals surface area contributed by atoms with Gasteiger partial charge in [-0.15, -0.1) is 6.58 Å². The van der Waals surface area contributed by atoms with E-state index >= 15 is 0 Å². The molecule has 6 fully saturated rings. The van der Waals surface area contributed by atoms with E-state index in [-0.39, 0.29) is 30.9 Å². The summed E-state index contributed by atoms with van der Waals surface area (Å²) in [4.78, 5) is 34.7. The van der Waals surface area contributed by atoms with Gasteiger partial charge < -0.3 is 30.2 Å². The zero-order valence-electron chi connectivity index (χ0n) is 33.1. The normalized spacial score (nSPS) is 26.2. The first-order valence-electron chi connectivity index (χ1n) is 21.2. The average Bonchev–Trinajstić information content (AvgIpc) is 3.64. The minimum absolute atomic E-state index is 0.0882. The summed E-state index contributed by atoms with van der Waals surface area (Å²) in [5.74, 6) is 3.99. The number of amides is 2. The number of allylic oxidation sites excluding steroid dienone is 1. The van der Waals surface area contributed by atoms with E-state index in [4.69, 9.17) is 10.8 Å². The lowest BCUT2D eigenvalue weighted by Crippen LogP contribution is -2.47. The molecular weight excluding hydrogens is 685 g/mol. The number of hydrogen-bond acceptors (Lipinski definition) is 4. The van der Waals surface area contributed by atoms with E-state index in [1.807, 2.05) is 40.1 Å². The monoisotopic (exact) mass is 749 g/mol. The second kappa shape index (κ2) is 17.6. The minimum atomic E-state index is -0.192. The van der Waals surface area contributed by atoms with Gasteiger partial charge in [-0.25, -0.2) is 0 Å². The molecule has 2 amide bonds. The van der Waals surface area contributed by atoms with Crippen molar-refractivity contribution in [1.29, 1.82) is 10.8 Å². The Morgan fingerprint density at radius 3 is 2.11 bits per heavy atom. The molecule has 10 heteroatoms. The van der Waals surface area contributed by atoms with Crippen LogP contribution in [0.1, 0.15) is 89.5 Å². The largest absolute Gasteiger partial charge is 0.341 e. The van der Waals surface area contributed by atoms with Crippen LogP contribution in [-0.4, -0.2) is 95.2 Å². The molecule has 2 aromatic rings. The highest BCUT2D eigenvalue weighted by atomic mass is 16.2. The first kappa shape index (κ1) is 38.9. The predicted molar refractivity (Wildman–Crippen MR) is 222 cm³/mol. The Hall–Kier alpha value is -4.34. The summed E-state index contributed by atoms with van der Waals surface area (Å²) in [6, 6.07) is 17.8. The molecule has 6 aliphatic rings. The quantitative estimate of drug-likeness (QED) is 0.0866. The number of benzene rings is 2. The second-order valence-corrected chi connectivity index (χ2v) is 17.6. The van der Waals surface area contributed by atoms with Gasteiger partial charge in [0.15, 0.2) is 11.9 Å². The second-order valence-electron chi connectivity index (χ2n) is 17.6. The molecule has 0 radical (unpaired) electrons. The van der Waals surface area contributed by atoms with Gasteiger partial charge in [0, 0.05) is 44.1 Å². The van der Waals surface area contributed by atoms with E-state index in [9.17, 15) is 9.59 Å². The Kier molecular flexibility index (Phi) is 12.5. The molecule has 8 rings (SSSR count). The van der Waals surface area contributed by atoms with Gasteiger partial charge >= 0.3 is 0 Å². The summed E-state index contributed by atoms with van der Waals surface area (Å²) in [5, 5.41) is 23.9. The SMILES string of the molecule is C=CCC(CC)CCCCN1C(=N)N(CC(=O)Nc2cccc(NC(=O)CN3CCN(CCC45CC6CC(CC(C6)C4)C5)C3=N)c2)C[C@@H]1Cc1ccccc1. The number of rotatable bonds is 19. The van der Waals surface area contributed by atoms with Crippen molar-refractivity contribution in [2.75, 3.05) is 56.4 Å². The van der Waals surface area contributed by atoms with E-state index in [0.717, 1.165) is 69.5 Å². The standard InChI is InChI=1S/C45H64N8O2/c1-3-11-33(4-2)12-8-9-18-53-40(25-34-13-6-5-7-14-34)30-52(44(53)47)32-42(55)49-39-16-10-15-38(26-39)48-41(54)31-51-21-20-50(43(51)46)19-17-45-27-35-22-36(28-45)24-37(23-35)29-45/h3,5-7,10,13-16,26,33,35-37,40,46-47H,1,4,8-9,11-12,17-25,27-32H2,2H3,(H,48,54)(H,49,55)/t33?,35?,36?,37?,40-,45?/m0/s1. The molecule has 296 valence electrons. The smallest absolute Gasteiger partial charge is 0.244 e. The lowest BCUT2D eigenvalue weighted by Gasteiger charge is -2.57. The molecule has 0 spiro atoms. The van der Waals surface area contributed by atoms with Gasteiger partial charge in [0.25, 0.3) is 0 Å². The topological polar surface area (TPSA) is 119 Å². The molecule has 2 aliphatic heterocycles. The fourth-order valence-corrected chi connectivity index (χ4v) is 11.1. The van der Waals surface area contributed by atoms with Crippen LogP contribution in [-0.2, 0) is 16.0 Å². The predicted octanol–water partition coefficient (Wildman–Crippen LogP) is 7.66. The van der Waals surface area contributed by atoms with Crippen molar-refractivity contribution >= 4 is 35.1 Å². The van der Waals surface area contributed by atoms with Crippen molar-refractivity contribution in [3.63, 3.8) is 0 Å². The zero-order chi connectivity index (χ0) is 38.4. The fraction of sp³-hybridized carbons (Fsp3) is 0.600. The number of carbonyl (C=O) groups excluding carboxylic acids is 2. The van der Waals surface area contributed by atoms with Crippen molar-refractivity contribution in [1.82, 2.24) is 19.6 Å². The molecule has 1 unspecified atom stereocenters. The van der Waals surface area contributed by atoms with Crippen molar-refractivity contribution in [3.05, 3.63) is 72.8 Å². The maximum atomic E-state index is 13.4. The van der Waals surface area contributed by atoms with Crippen LogP contribution in [0.25, 0.3) is 0 Å². The molecule has 2 aromatic carbocycles. The Labute approximate surface area is 329 Å². The number of anilines is 2. The van der Waals surface area contributed by atoms with Gasteiger partial charge in [0.05, 0.1) is 6.04 Å². The first-order valence-corrected chi connectivity index (χ1v) is 21.2. The van der Waals surface area contributed by atoms with E-state index in [1.54, 1.807) is 6.07 Å². The molecule has 2 heterocycles. The lowest BCUT2D eigenvalue weighted by atomic mass is 9.49. The third-order valence-corrected chi connectivity index (χ3v) is 13.5. The van der Waals surface area contributed by atoms with Crippen molar-refractivity contribution in [2.45, 2.75) is 96.4 Å². The molecular formula is C45H64N8O2. The Morgan fingerprint density at radius 2 is 1.47 bits per heavy atom. The summed E-state index contributed by atoms with van der Waals surface area (Å²) >= 11 is 0. The van der Waals surface area contributed by atoms with E-state index in [2.05, 4.69) is 58.2 Å². The minimum Gasteiger partial charge on any atom is -0.341 e. The highest BCUT2D eigenvalue weighted by Crippen LogP contribution is 2.61.